The van der Waals surface area contributed by atoms with E-state index in [9.17, 15) is 24.3 Å². The van der Waals surface area contributed by atoms with Crippen LogP contribution in [0, 0.1) is 11.8 Å². The van der Waals surface area contributed by atoms with E-state index in [0.29, 0.717) is 11.3 Å². The van der Waals surface area contributed by atoms with Crippen LogP contribution >= 0.6 is 0 Å². The lowest BCUT2D eigenvalue weighted by molar-refractivity contribution is -0.733. The van der Waals surface area contributed by atoms with Gasteiger partial charge >= 0.3 is 0 Å². The number of anilines is 1. The van der Waals surface area contributed by atoms with Gasteiger partial charge in [-0.05, 0) is 11.6 Å². The van der Waals surface area contributed by atoms with Gasteiger partial charge in [0.25, 0.3) is 5.91 Å². The van der Waals surface area contributed by atoms with Gasteiger partial charge in [0.1, 0.15) is 17.9 Å². The summed E-state index contributed by atoms with van der Waals surface area (Å²) in [5, 5.41) is 15.8. The van der Waals surface area contributed by atoms with Crippen molar-refractivity contribution in [3.8, 4) is 0 Å². The summed E-state index contributed by atoms with van der Waals surface area (Å²) in [6.07, 6.45) is -0.420. The van der Waals surface area contributed by atoms with Gasteiger partial charge in [-0.25, -0.2) is 0 Å². The Morgan fingerprint density at radius 1 is 1.03 bits per heavy atom. The third-order valence-electron chi connectivity index (χ3n) is 6.45. The Kier molecular flexibility index (Phi) is 4.01. The van der Waals surface area contributed by atoms with Crippen molar-refractivity contribution in [3.05, 3.63) is 65.7 Å². The highest BCUT2D eigenvalue weighted by atomic mass is 16.4. The minimum Gasteiger partial charge on any atom is -0.550 e. The molecule has 0 aromatic heterocycles. The average molecular weight is 405 g/mol. The molecule has 0 aliphatic carbocycles. The Labute approximate surface area is 171 Å². The number of hydrogen-bond donors (Lipinski definition) is 2. The number of carboxylic acids is 1. The molecule has 5 rings (SSSR count). The molecule has 3 aliphatic heterocycles. The fourth-order valence-corrected chi connectivity index (χ4v) is 5.28. The molecule has 1 spiro atoms. The first-order valence-electron chi connectivity index (χ1n) is 9.79. The van der Waals surface area contributed by atoms with Gasteiger partial charge in [0.15, 0.2) is 0 Å². The van der Waals surface area contributed by atoms with E-state index >= 15 is 0 Å². The molecule has 3 heterocycles. The topological polar surface area (TPSA) is 123 Å². The van der Waals surface area contributed by atoms with Crippen LogP contribution in [0.25, 0.3) is 0 Å². The van der Waals surface area contributed by atoms with Crippen LogP contribution < -0.4 is 15.7 Å². The number of amides is 3. The van der Waals surface area contributed by atoms with E-state index in [0.717, 1.165) is 10.5 Å². The zero-order chi connectivity index (χ0) is 21.0. The second-order valence-electron chi connectivity index (χ2n) is 8.03. The number of aliphatic carboxylic acids is 1. The summed E-state index contributed by atoms with van der Waals surface area (Å²) in [5.74, 6) is -4.48. The quantitative estimate of drug-likeness (QED) is 0.614. The average Bonchev–Trinajstić information content (AvgIpc) is 3.29. The largest absolute Gasteiger partial charge is 0.550 e. The number of hydrogen-bond acceptors (Lipinski definition) is 5. The lowest BCUT2D eigenvalue weighted by Crippen LogP contribution is -2.99. The number of carboxylic acid groups (broad SMARTS) is 1. The molecule has 3 N–H and O–H groups in total. The van der Waals surface area contributed by atoms with Crippen LogP contribution in [0.5, 0.6) is 0 Å². The molecule has 8 nitrogen and oxygen atoms in total. The van der Waals surface area contributed by atoms with E-state index in [1.807, 2.05) is 30.3 Å². The van der Waals surface area contributed by atoms with Crippen molar-refractivity contribution in [1.29, 1.82) is 0 Å². The van der Waals surface area contributed by atoms with Gasteiger partial charge in [0.2, 0.25) is 17.4 Å². The molecule has 0 unspecified atom stereocenters. The molecule has 30 heavy (non-hydrogen) atoms. The molecule has 0 saturated carbocycles. The third kappa shape index (κ3) is 2.43. The number of quaternary nitrogens is 1. The van der Waals surface area contributed by atoms with Gasteiger partial charge in [-0.3, -0.25) is 19.3 Å². The van der Waals surface area contributed by atoms with Gasteiger partial charge in [-0.15, -0.1) is 0 Å². The second-order valence-corrected chi connectivity index (χ2v) is 8.03. The lowest BCUT2D eigenvalue weighted by atomic mass is 9.76. The predicted molar refractivity (Wildman–Crippen MR) is 101 cm³/mol. The van der Waals surface area contributed by atoms with E-state index in [4.69, 9.17) is 0 Å². The molecule has 2 aromatic rings. The molecule has 2 aromatic carbocycles. The highest BCUT2D eigenvalue weighted by Crippen LogP contribution is 2.49. The van der Waals surface area contributed by atoms with Crippen molar-refractivity contribution in [2.75, 3.05) is 5.32 Å². The molecule has 2 fully saturated rings. The van der Waals surface area contributed by atoms with E-state index in [-0.39, 0.29) is 6.54 Å². The fraction of sp³-hybridized carbons (Fsp3) is 0.273. The number of nitrogens with two attached hydrogens (primary N) is 1. The first-order chi connectivity index (χ1) is 14.4. The van der Waals surface area contributed by atoms with Crippen LogP contribution in [0.15, 0.2) is 54.6 Å². The first-order valence-corrected chi connectivity index (χ1v) is 9.79. The molecule has 3 amide bonds. The monoisotopic (exact) mass is 405 g/mol. The summed E-state index contributed by atoms with van der Waals surface area (Å²) in [4.78, 5) is 52.5. The smallest absolute Gasteiger partial charge is 0.291 e. The standard InChI is InChI=1S/C22H19N3O5/c26-16(27)10-15-17-18(20(29)25(19(17)28)11-12-6-2-1-3-7-12)22(24-15)13-8-4-5-9-14(13)23-21(22)30/h1-9,15,17-18,24H,10-11H2,(H,23,30)(H,26,27)/t15-,17-,18+,22-/m1/s1. The van der Waals surface area contributed by atoms with E-state index in [2.05, 4.69) is 5.32 Å². The number of likely N-dealkylation sites (tertiary alicyclic amines) is 1. The number of para-hydroxylation sites is 1. The molecule has 8 heteroatoms. The molecule has 2 saturated heterocycles. The van der Waals surface area contributed by atoms with E-state index in [1.54, 1.807) is 29.6 Å². The molecular formula is C22H19N3O5. The second kappa shape index (κ2) is 6.50. The molecule has 0 radical (unpaired) electrons. The highest BCUT2D eigenvalue weighted by Gasteiger charge is 2.74. The molecular weight excluding hydrogens is 386 g/mol. The molecule has 4 atom stereocenters. The Bertz CT molecular complexity index is 1090. The SMILES string of the molecule is O=C([O-])C[C@H]1[NH2+][C@@]2(C(=O)Nc3ccccc32)[C@@H]2C(=O)N(Cc3ccccc3)C(=O)[C@@H]21. The van der Waals surface area contributed by atoms with Crippen molar-refractivity contribution in [2.45, 2.75) is 24.5 Å². The number of carbonyl (C=O) groups excluding carboxylic acids is 4. The zero-order valence-corrected chi connectivity index (χ0v) is 15.9. The third-order valence-corrected chi connectivity index (χ3v) is 6.45. The van der Waals surface area contributed by atoms with Crippen LogP contribution in [0.3, 0.4) is 0 Å². The first kappa shape index (κ1) is 18.5. The van der Waals surface area contributed by atoms with Crippen LogP contribution in [0.1, 0.15) is 17.5 Å². The number of fused-ring (bicyclic) bond motifs is 4. The van der Waals surface area contributed by atoms with Crippen molar-refractivity contribution in [2.24, 2.45) is 11.8 Å². The number of rotatable bonds is 4. The Hall–Kier alpha value is -3.52. The molecule has 0 bridgehead atoms. The maximum absolute atomic E-state index is 13.5. The summed E-state index contributed by atoms with van der Waals surface area (Å²) in [5.41, 5.74) is 0.603. The van der Waals surface area contributed by atoms with Gasteiger partial charge in [0, 0.05) is 18.0 Å². The Morgan fingerprint density at radius 3 is 2.47 bits per heavy atom. The maximum atomic E-state index is 13.5. The van der Waals surface area contributed by atoms with Crippen molar-refractivity contribution in [3.63, 3.8) is 0 Å². The van der Waals surface area contributed by atoms with E-state index < -0.39 is 53.5 Å². The zero-order valence-electron chi connectivity index (χ0n) is 15.9. The number of benzene rings is 2. The van der Waals surface area contributed by atoms with Crippen molar-refractivity contribution >= 4 is 29.4 Å². The van der Waals surface area contributed by atoms with Crippen molar-refractivity contribution in [1.82, 2.24) is 4.90 Å². The highest BCUT2D eigenvalue weighted by molar-refractivity contribution is 6.13. The van der Waals surface area contributed by atoms with E-state index in [1.165, 1.54) is 0 Å². The summed E-state index contributed by atoms with van der Waals surface area (Å²) < 4.78 is 0. The summed E-state index contributed by atoms with van der Waals surface area (Å²) >= 11 is 0. The van der Waals surface area contributed by atoms with Crippen molar-refractivity contribution < 1.29 is 29.6 Å². The summed E-state index contributed by atoms with van der Waals surface area (Å²) in [6, 6.07) is 15.3. The number of nitrogens with one attached hydrogen (secondary N) is 1. The number of carbonyl (C=O) groups is 4. The van der Waals surface area contributed by atoms with Gasteiger partial charge < -0.3 is 20.5 Å². The minimum atomic E-state index is -1.36. The van der Waals surface area contributed by atoms with Gasteiger partial charge in [-0.1, -0.05) is 48.5 Å². The van der Waals surface area contributed by atoms with Gasteiger partial charge in [0.05, 0.1) is 12.2 Å². The van der Waals surface area contributed by atoms with Crippen LogP contribution in [0.4, 0.5) is 5.69 Å². The summed E-state index contributed by atoms with van der Waals surface area (Å²) in [6.45, 7) is 0.0862. The maximum Gasteiger partial charge on any atom is 0.291 e. The predicted octanol–water partition coefficient (Wildman–Crippen LogP) is -1.28. The Balaban J connectivity index is 1.61. The fourth-order valence-electron chi connectivity index (χ4n) is 5.28. The number of imide groups is 1. The Morgan fingerprint density at radius 2 is 1.73 bits per heavy atom. The number of nitrogens with zero attached hydrogens (tertiary/aromatic N) is 1. The van der Waals surface area contributed by atoms with Gasteiger partial charge in [-0.2, -0.15) is 0 Å². The van der Waals surface area contributed by atoms with Crippen LogP contribution in [-0.4, -0.2) is 34.6 Å². The summed E-state index contributed by atoms with van der Waals surface area (Å²) in [7, 11) is 0. The molecule has 3 aliphatic rings. The van der Waals surface area contributed by atoms with Crippen LogP contribution in [0.2, 0.25) is 0 Å². The minimum absolute atomic E-state index is 0.0862. The normalized spacial score (nSPS) is 29.3. The van der Waals surface area contributed by atoms with Crippen LogP contribution in [-0.2, 0) is 31.3 Å². The lowest BCUT2D eigenvalue weighted by Gasteiger charge is -2.26. The molecule has 152 valence electrons.